The fourth-order valence-electron chi connectivity index (χ4n) is 1.26. The van der Waals surface area contributed by atoms with Gasteiger partial charge in [0.25, 0.3) is 0 Å². The Morgan fingerprint density at radius 1 is 1.33 bits per heavy atom. The smallest absolute Gasteiger partial charge is 0.0233 e. The van der Waals surface area contributed by atoms with Gasteiger partial charge >= 0.3 is 0 Å². The molecule has 3 heteroatoms. The van der Waals surface area contributed by atoms with Crippen LogP contribution in [0.2, 0.25) is 0 Å². The van der Waals surface area contributed by atoms with E-state index in [-0.39, 0.29) is 0 Å². The van der Waals surface area contributed by atoms with Crippen molar-refractivity contribution in [3.05, 3.63) is 0 Å². The lowest BCUT2D eigenvalue weighted by molar-refractivity contribution is 0.299. The van der Waals surface area contributed by atoms with Crippen molar-refractivity contribution in [1.82, 2.24) is 8.43 Å². The number of hydrogen-bond donors (Lipinski definition) is 1. The Kier molecular flexibility index (Phi) is 2.73. The lowest BCUT2D eigenvalue weighted by atomic mass is 10.2. The maximum Gasteiger partial charge on any atom is 0.0233 e. The Hall–Kier alpha value is 0.650. The van der Waals surface area contributed by atoms with Crippen molar-refractivity contribution in [3.8, 4) is 0 Å². The normalized spacial score (nSPS) is 39.0. The second kappa shape index (κ2) is 3.16. The zero-order valence-corrected chi connectivity index (χ0v) is 8.05. The molecule has 1 rings (SSSR count). The van der Waals surface area contributed by atoms with Crippen molar-refractivity contribution < 1.29 is 0 Å². The van der Waals surface area contributed by atoms with E-state index >= 15 is 0 Å². The minimum atomic E-state index is 0.658. The van der Waals surface area contributed by atoms with E-state index < -0.39 is 0 Å². The van der Waals surface area contributed by atoms with E-state index in [4.69, 9.17) is 0 Å². The van der Waals surface area contributed by atoms with E-state index in [0.29, 0.717) is 12.1 Å². The van der Waals surface area contributed by atoms with E-state index in [9.17, 15) is 0 Å². The van der Waals surface area contributed by atoms with Crippen molar-refractivity contribution in [2.45, 2.75) is 25.9 Å². The highest BCUT2D eigenvalue weighted by Gasteiger charge is 2.17. The molecule has 0 bridgehead atoms. The largest absolute Gasteiger partial charge is 0.309 e. The number of hydrogen-bond acceptors (Lipinski definition) is 2. The highest BCUT2D eigenvalue weighted by molar-refractivity contribution is 14.1. The molecule has 1 saturated heterocycles. The summed E-state index contributed by atoms with van der Waals surface area (Å²) in [6.07, 6.45) is 0. The summed E-state index contributed by atoms with van der Waals surface area (Å²) in [5, 5.41) is 3.46. The van der Waals surface area contributed by atoms with E-state index in [1.54, 1.807) is 0 Å². The number of halogens is 1. The van der Waals surface area contributed by atoms with Gasteiger partial charge in [-0.15, -0.1) is 0 Å². The highest BCUT2D eigenvalue weighted by Crippen LogP contribution is 2.07. The van der Waals surface area contributed by atoms with Crippen molar-refractivity contribution >= 4 is 22.9 Å². The molecule has 2 nitrogen and oxygen atoms in total. The first-order chi connectivity index (χ1) is 4.18. The van der Waals surface area contributed by atoms with Crippen LogP contribution in [0, 0.1) is 0 Å². The van der Waals surface area contributed by atoms with Gasteiger partial charge in [0.05, 0.1) is 0 Å². The van der Waals surface area contributed by atoms with Crippen LogP contribution in [0.1, 0.15) is 13.8 Å². The molecular formula is C6H13IN2. The third-order valence-corrected chi connectivity index (χ3v) is 2.30. The van der Waals surface area contributed by atoms with E-state index in [1.165, 1.54) is 13.1 Å². The van der Waals surface area contributed by atoms with Gasteiger partial charge in [-0.1, -0.05) is 0 Å². The summed E-state index contributed by atoms with van der Waals surface area (Å²) < 4.78 is 2.34. The Labute approximate surface area is 70.5 Å². The van der Waals surface area contributed by atoms with Crippen LogP contribution in [0.4, 0.5) is 0 Å². The predicted octanol–water partition coefficient (Wildman–Crippen LogP) is 1.02. The molecule has 1 N–H and O–H groups in total. The summed E-state index contributed by atoms with van der Waals surface area (Å²) >= 11 is 2.38. The molecule has 0 amide bonds. The fourth-order valence-corrected chi connectivity index (χ4v) is 2.44. The Morgan fingerprint density at radius 3 is 2.11 bits per heavy atom. The molecule has 1 fully saturated rings. The van der Waals surface area contributed by atoms with Crippen LogP contribution in [0.5, 0.6) is 0 Å². The maximum absolute atomic E-state index is 3.46. The van der Waals surface area contributed by atoms with Crippen molar-refractivity contribution in [2.24, 2.45) is 0 Å². The Morgan fingerprint density at radius 2 is 1.78 bits per heavy atom. The molecule has 0 spiro atoms. The summed E-state index contributed by atoms with van der Waals surface area (Å²) in [5.41, 5.74) is 0. The van der Waals surface area contributed by atoms with Crippen LogP contribution >= 0.6 is 22.9 Å². The van der Waals surface area contributed by atoms with E-state index in [0.717, 1.165) is 0 Å². The molecule has 0 aliphatic carbocycles. The molecular weight excluding hydrogens is 227 g/mol. The maximum atomic E-state index is 3.46. The summed E-state index contributed by atoms with van der Waals surface area (Å²) in [5.74, 6) is 0. The molecule has 54 valence electrons. The van der Waals surface area contributed by atoms with Gasteiger partial charge in [-0.3, -0.25) is 0 Å². The molecule has 0 aromatic carbocycles. The third kappa shape index (κ3) is 2.39. The average Bonchev–Trinajstić information content (AvgIpc) is 1.59. The molecule has 0 aromatic rings. The molecule has 1 heterocycles. The van der Waals surface area contributed by atoms with Crippen LogP contribution in [-0.2, 0) is 0 Å². The quantitative estimate of drug-likeness (QED) is 0.502. The lowest BCUT2D eigenvalue weighted by Gasteiger charge is -2.31. The van der Waals surface area contributed by atoms with Crippen molar-refractivity contribution in [2.75, 3.05) is 13.1 Å². The van der Waals surface area contributed by atoms with Gasteiger partial charge in [0.1, 0.15) is 0 Å². The van der Waals surface area contributed by atoms with E-state index in [1.807, 2.05) is 0 Å². The molecule has 1 aliphatic rings. The average molecular weight is 240 g/mol. The molecule has 0 aromatic heterocycles. The van der Waals surface area contributed by atoms with Gasteiger partial charge in [-0.25, -0.2) is 3.11 Å². The molecule has 1 aliphatic heterocycles. The highest BCUT2D eigenvalue weighted by atomic mass is 127. The Bertz CT molecular complexity index is 72.0. The summed E-state index contributed by atoms with van der Waals surface area (Å²) in [4.78, 5) is 0. The monoisotopic (exact) mass is 240 g/mol. The van der Waals surface area contributed by atoms with Crippen LogP contribution < -0.4 is 5.32 Å². The predicted molar refractivity (Wildman–Crippen MR) is 47.7 cm³/mol. The van der Waals surface area contributed by atoms with Crippen LogP contribution in [0.3, 0.4) is 0 Å². The van der Waals surface area contributed by atoms with Crippen molar-refractivity contribution in [1.29, 1.82) is 0 Å². The molecule has 2 atom stereocenters. The van der Waals surface area contributed by atoms with Crippen LogP contribution in [0.15, 0.2) is 0 Å². The molecule has 0 radical (unpaired) electrons. The number of rotatable bonds is 0. The zero-order chi connectivity index (χ0) is 6.85. The van der Waals surface area contributed by atoms with Gasteiger partial charge in [0, 0.05) is 48.0 Å². The number of piperazine rings is 1. The summed E-state index contributed by atoms with van der Waals surface area (Å²) in [7, 11) is 0. The minimum absolute atomic E-state index is 0.658. The first kappa shape index (κ1) is 7.75. The Balaban J connectivity index is 2.34. The SMILES string of the molecule is C[C@@H]1CN(I)C[C@H](C)N1. The number of nitrogens with one attached hydrogen (secondary N) is 1. The van der Waals surface area contributed by atoms with Gasteiger partial charge in [-0.2, -0.15) is 0 Å². The standard InChI is InChI=1S/C6H13IN2/c1-5-3-9(7)4-6(2)8-5/h5-6,8H,3-4H2,1-2H3/t5-,6+. The topological polar surface area (TPSA) is 15.3 Å². The van der Waals surface area contributed by atoms with Gasteiger partial charge < -0.3 is 5.32 Å². The summed E-state index contributed by atoms with van der Waals surface area (Å²) in [6.45, 7) is 6.79. The first-order valence-corrected chi connectivity index (χ1v) is 4.31. The third-order valence-electron chi connectivity index (χ3n) is 1.51. The van der Waals surface area contributed by atoms with Gasteiger partial charge in [0.2, 0.25) is 0 Å². The molecule has 9 heavy (non-hydrogen) atoms. The van der Waals surface area contributed by atoms with Crippen molar-refractivity contribution in [3.63, 3.8) is 0 Å². The second-order valence-corrected chi connectivity index (χ2v) is 4.16. The lowest BCUT2D eigenvalue weighted by Crippen LogP contribution is -2.50. The van der Waals surface area contributed by atoms with E-state index in [2.05, 4.69) is 45.1 Å². The second-order valence-electron chi connectivity index (χ2n) is 2.80. The minimum Gasteiger partial charge on any atom is -0.309 e. The van der Waals surface area contributed by atoms with Gasteiger partial charge in [0.15, 0.2) is 0 Å². The molecule has 0 saturated carbocycles. The number of nitrogens with zero attached hydrogens (tertiary/aromatic N) is 1. The van der Waals surface area contributed by atoms with Gasteiger partial charge in [-0.05, 0) is 13.8 Å². The zero-order valence-electron chi connectivity index (χ0n) is 5.89. The van der Waals surface area contributed by atoms with Crippen LogP contribution in [0.25, 0.3) is 0 Å². The fraction of sp³-hybridized carbons (Fsp3) is 1.00. The summed E-state index contributed by atoms with van der Waals surface area (Å²) in [6, 6.07) is 1.32. The molecule has 0 unspecified atom stereocenters. The van der Waals surface area contributed by atoms with Crippen LogP contribution in [-0.4, -0.2) is 28.3 Å². The first-order valence-electron chi connectivity index (χ1n) is 3.35.